The zero-order valence-corrected chi connectivity index (χ0v) is 33.4. The molecule has 280 valence electrons. The molecule has 0 aromatic heterocycles. The van der Waals surface area contributed by atoms with E-state index in [1.807, 2.05) is 6.08 Å². The number of benzene rings is 8. The van der Waals surface area contributed by atoms with Crippen LogP contribution in [0.25, 0.3) is 50.1 Å². The average molecular weight is 754 g/mol. The van der Waals surface area contributed by atoms with E-state index in [0.717, 1.165) is 11.4 Å². The summed E-state index contributed by atoms with van der Waals surface area (Å²) >= 11 is 0. The SMILES string of the molecule is C=C/C=C\C1=C(N(c2ccc(-c3ccc(-c4ccccc4)cc3)cc2)c2ccc3c(c2)C(C)(C)c2ccccc2-3)C2(c3ccccc31)c1ccccc1-c1ccccc12. The third-order valence-corrected chi connectivity index (χ3v) is 13.1. The Labute approximate surface area is 347 Å². The van der Waals surface area contributed by atoms with Crippen LogP contribution >= 0.6 is 0 Å². The van der Waals surface area contributed by atoms with Crippen molar-refractivity contribution in [1.82, 2.24) is 0 Å². The lowest BCUT2D eigenvalue weighted by atomic mass is 9.71. The first-order chi connectivity index (χ1) is 29.0. The van der Waals surface area contributed by atoms with Crippen molar-refractivity contribution >= 4 is 16.9 Å². The Hall–Kier alpha value is -7.22. The van der Waals surface area contributed by atoms with Crippen LogP contribution in [0.3, 0.4) is 0 Å². The van der Waals surface area contributed by atoms with Crippen LogP contribution in [0.15, 0.2) is 225 Å². The van der Waals surface area contributed by atoms with Gasteiger partial charge in [0.15, 0.2) is 0 Å². The molecular formula is C58H43N. The predicted molar refractivity (Wildman–Crippen MR) is 248 cm³/mol. The Morgan fingerprint density at radius 3 is 1.41 bits per heavy atom. The van der Waals surface area contributed by atoms with E-state index in [4.69, 9.17) is 0 Å². The number of nitrogens with zero attached hydrogens (tertiary/aromatic N) is 1. The zero-order chi connectivity index (χ0) is 39.7. The summed E-state index contributed by atoms with van der Waals surface area (Å²) in [6.45, 7) is 8.88. The molecule has 0 radical (unpaired) electrons. The van der Waals surface area contributed by atoms with E-state index in [-0.39, 0.29) is 5.41 Å². The summed E-state index contributed by atoms with van der Waals surface area (Å²) in [6.07, 6.45) is 6.27. The fourth-order valence-electron chi connectivity index (χ4n) is 10.4. The van der Waals surface area contributed by atoms with Crippen molar-refractivity contribution in [2.24, 2.45) is 0 Å². The minimum atomic E-state index is -0.589. The molecule has 8 aromatic rings. The predicted octanol–water partition coefficient (Wildman–Crippen LogP) is 14.9. The molecule has 0 N–H and O–H groups in total. The van der Waals surface area contributed by atoms with Crippen molar-refractivity contribution in [3.63, 3.8) is 0 Å². The van der Waals surface area contributed by atoms with Crippen LogP contribution in [-0.2, 0) is 10.8 Å². The monoisotopic (exact) mass is 753 g/mol. The summed E-state index contributed by atoms with van der Waals surface area (Å²) in [5, 5.41) is 0. The molecule has 0 aliphatic heterocycles. The van der Waals surface area contributed by atoms with Crippen molar-refractivity contribution < 1.29 is 0 Å². The Morgan fingerprint density at radius 2 is 0.831 bits per heavy atom. The van der Waals surface area contributed by atoms with E-state index in [2.05, 4.69) is 232 Å². The first kappa shape index (κ1) is 35.0. The van der Waals surface area contributed by atoms with Crippen LogP contribution in [0.4, 0.5) is 11.4 Å². The summed E-state index contributed by atoms with van der Waals surface area (Å²) in [5.41, 5.74) is 21.8. The maximum absolute atomic E-state index is 4.14. The lowest BCUT2D eigenvalue weighted by Crippen LogP contribution is -2.36. The van der Waals surface area contributed by atoms with Crippen LogP contribution < -0.4 is 4.90 Å². The number of rotatable bonds is 7. The quantitative estimate of drug-likeness (QED) is 0.147. The molecule has 0 amide bonds. The molecule has 0 saturated heterocycles. The molecule has 0 atom stereocenters. The fraction of sp³-hybridized carbons (Fsp3) is 0.0690. The highest BCUT2D eigenvalue weighted by atomic mass is 15.2. The van der Waals surface area contributed by atoms with E-state index < -0.39 is 5.41 Å². The van der Waals surface area contributed by atoms with Crippen LogP contribution in [0.5, 0.6) is 0 Å². The first-order valence-corrected chi connectivity index (χ1v) is 20.6. The van der Waals surface area contributed by atoms with Gasteiger partial charge in [0.1, 0.15) is 0 Å². The summed E-state index contributed by atoms with van der Waals surface area (Å²) < 4.78 is 0. The minimum absolute atomic E-state index is 0.161. The lowest BCUT2D eigenvalue weighted by Gasteiger charge is -2.40. The van der Waals surface area contributed by atoms with Crippen LogP contribution in [0, 0.1) is 0 Å². The summed E-state index contributed by atoms with van der Waals surface area (Å²) in [4.78, 5) is 2.57. The van der Waals surface area contributed by atoms with E-state index in [0.29, 0.717) is 0 Å². The maximum atomic E-state index is 4.14. The minimum Gasteiger partial charge on any atom is -0.312 e. The third kappa shape index (κ3) is 5.11. The smallest absolute Gasteiger partial charge is 0.0881 e. The van der Waals surface area contributed by atoms with Gasteiger partial charge in [-0.3, -0.25) is 0 Å². The highest BCUT2D eigenvalue weighted by Crippen LogP contribution is 2.64. The molecule has 0 bridgehead atoms. The van der Waals surface area contributed by atoms with Gasteiger partial charge in [-0.15, -0.1) is 0 Å². The van der Waals surface area contributed by atoms with Crippen LogP contribution in [0.2, 0.25) is 0 Å². The van der Waals surface area contributed by atoms with Gasteiger partial charge in [0.05, 0.1) is 11.1 Å². The van der Waals surface area contributed by atoms with Crippen molar-refractivity contribution in [3.05, 3.63) is 258 Å². The molecule has 0 heterocycles. The molecule has 3 aliphatic carbocycles. The van der Waals surface area contributed by atoms with Crippen LogP contribution in [-0.4, -0.2) is 0 Å². The van der Waals surface area contributed by atoms with Crippen molar-refractivity contribution in [1.29, 1.82) is 0 Å². The van der Waals surface area contributed by atoms with E-state index in [9.17, 15) is 0 Å². The number of allylic oxidation sites excluding steroid dienone is 5. The molecule has 3 aliphatic rings. The molecule has 59 heavy (non-hydrogen) atoms. The van der Waals surface area contributed by atoms with Gasteiger partial charge in [0.2, 0.25) is 0 Å². The normalized spacial score (nSPS) is 14.8. The molecule has 8 aromatic carbocycles. The van der Waals surface area contributed by atoms with Gasteiger partial charge in [-0.05, 0) is 102 Å². The van der Waals surface area contributed by atoms with E-state index >= 15 is 0 Å². The molecule has 1 spiro atoms. The lowest BCUT2D eigenvalue weighted by molar-refractivity contribution is 0.660. The van der Waals surface area contributed by atoms with Crippen molar-refractivity contribution in [2.75, 3.05) is 4.90 Å². The molecule has 1 heteroatoms. The number of anilines is 2. The van der Waals surface area contributed by atoms with Gasteiger partial charge in [-0.25, -0.2) is 0 Å². The summed E-state index contributed by atoms with van der Waals surface area (Å²) in [5.74, 6) is 0. The van der Waals surface area contributed by atoms with Gasteiger partial charge in [0.25, 0.3) is 0 Å². The van der Waals surface area contributed by atoms with Gasteiger partial charge in [0, 0.05) is 22.4 Å². The standard InChI is InChI=1S/C58H43N/c1-4-5-19-50-48-23-12-16-27-54(48)58(52-25-14-10-21-46(52)47-22-11-15-26-53(47)58)56(50)59(44-36-37-49-45-20-9-13-24-51(45)57(2,3)55(49)38-44)43-34-32-42(33-35-43)41-30-28-40(29-31-41)39-17-7-6-8-18-39/h4-38H,1H2,2-3H3/b19-5-. The van der Waals surface area contributed by atoms with Crippen molar-refractivity contribution in [2.45, 2.75) is 24.7 Å². The molecule has 11 rings (SSSR count). The maximum Gasteiger partial charge on any atom is 0.0881 e. The molecule has 0 fully saturated rings. The van der Waals surface area contributed by atoms with Crippen molar-refractivity contribution in [3.8, 4) is 44.5 Å². The second-order valence-electron chi connectivity index (χ2n) is 16.5. The van der Waals surface area contributed by atoms with Crippen LogP contribution in [0.1, 0.15) is 47.2 Å². The highest BCUT2D eigenvalue weighted by Gasteiger charge is 2.55. The Kier molecular flexibility index (Phi) is 7.97. The summed E-state index contributed by atoms with van der Waals surface area (Å²) in [6, 6.07) is 72.0. The van der Waals surface area contributed by atoms with E-state index in [1.165, 1.54) is 89.2 Å². The summed E-state index contributed by atoms with van der Waals surface area (Å²) in [7, 11) is 0. The molecule has 0 saturated carbocycles. The topological polar surface area (TPSA) is 3.24 Å². The Morgan fingerprint density at radius 1 is 0.407 bits per heavy atom. The number of hydrogen-bond donors (Lipinski definition) is 0. The third-order valence-electron chi connectivity index (χ3n) is 13.1. The first-order valence-electron chi connectivity index (χ1n) is 20.6. The van der Waals surface area contributed by atoms with E-state index in [1.54, 1.807) is 0 Å². The molecular weight excluding hydrogens is 711 g/mol. The largest absolute Gasteiger partial charge is 0.312 e. The van der Waals surface area contributed by atoms with Gasteiger partial charge >= 0.3 is 0 Å². The van der Waals surface area contributed by atoms with Gasteiger partial charge < -0.3 is 4.90 Å². The molecule has 1 nitrogen and oxygen atoms in total. The number of hydrogen-bond acceptors (Lipinski definition) is 1. The Balaban J connectivity index is 1.17. The van der Waals surface area contributed by atoms with Gasteiger partial charge in [-0.2, -0.15) is 0 Å². The second-order valence-corrected chi connectivity index (χ2v) is 16.5. The average Bonchev–Trinajstić information content (AvgIpc) is 3.84. The van der Waals surface area contributed by atoms with Gasteiger partial charge in [-0.1, -0.05) is 209 Å². The fourth-order valence-corrected chi connectivity index (χ4v) is 10.4. The highest BCUT2D eigenvalue weighted by molar-refractivity contribution is 6.00. The second kappa shape index (κ2) is 13.4. The molecule has 0 unspecified atom stereocenters. The Bertz CT molecular complexity index is 2970. The zero-order valence-electron chi connectivity index (χ0n) is 33.4. The number of fused-ring (bicyclic) bond motifs is 10.